The highest BCUT2D eigenvalue weighted by atomic mass is 16.3. The molecule has 0 aliphatic carbocycles. The molecular formula is C18H25NO2. The van der Waals surface area contributed by atoms with Crippen molar-refractivity contribution in [1.29, 1.82) is 0 Å². The van der Waals surface area contributed by atoms with Crippen molar-refractivity contribution in [3.05, 3.63) is 47.5 Å². The molecule has 1 N–H and O–H groups in total. The molecule has 1 amide bonds. The zero-order chi connectivity index (χ0) is 15.5. The maximum absolute atomic E-state index is 12.2. The molecule has 0 bridgehead atoms. The molecule has 1 aliphatic rings. The van der Waals surface area contributed by atoms with Crippen molar-refractivity contribution in [2.75, 3.05) is 13.1 Å². The minimum absolute atomic E-state index is 0.0589. The lowest BCUT2D eigenvalue weighted by Gasteiger charge is -2.42. The molecule has 3 nitrogen and oxygen atoms in total. The second-order valence-corrected chi connectivity index (χ2v) is 6.50. The summed E-state index contributed by atoms with van der Waals surface area (Å²) in [5.41, 5.74) is 1.51. The van der Waals surface area contributed by atoms with E-state index in [4.69, 9.17) is 0 Å². The van der Waals surface area contributed by atoms with Crippen LogP contribution >= 0.6 is 0 Å². The highest BCUT2D eigenvalue weighted by Crippen LogP contribution is 2.30. The van der Waals surface area contributed by atoms with Crippen LogP contribution in [0.3, 0.4) is 0 Å². The number of nitrogens with zero attached hydrogens (tertiary/aromatic N) is 1. The van der Waals surface area contributed by atoms with Gasteiger partial charge in [-0.25, -0.2) is 0 Å². The zero-order valence-electron chi connectivity index (χ0n) is 13.2. The fourth-order valence-electron chi connectivity index (χ4n) is 2.84. The van der Waals surface area contributed by atoms with Gasteiger partial charge in [-0.15, -0.1) is 0 Å². The lowest BCUT2D eigenvalue weighted by Crippen LogP contribution is -2.52. The van der Waals surface area contributed by atoms with E-state index < -0.39 is 5.60 Å². The normalized spacial score (nSPS) is 25.5. The summed E-state index contributed by atoms with van der Waals surface area (Å²) in [6.07, 6.45) is 3.11. The van der Waals surface area contributed by atoms with Crippen molar-refractivity contribution in [2.24, 2.45) is 5.92 Å². The Labute approximate surface area is 127 Å². The van der Waals surface area contributed by atoms with Crippen LogP contribution in [-0.4, -0.2) is 34.6 Å². The molecule has 1 aromatic rings. The van der Waals surface area contributed by atoms with Crippen molar-refractivity contribution >= 4 is 5.91 Å². The molecular weight excluding hydrogens is 262 g/mol. The number of carbonyl (C=O) groups is 1. The van der Waals surface area contributed by atoms with Crippen molar-refractivity contribution in [1.82, 2.24) is 4.90 Å². The van der Waals surface area contributed by atoms with Gasteiger partial charge < -0.3 is 10.0 Å². The van der Waals surface area contributed by atoms with E-state index in [1.54, 1.807) is 6.08 Å². The van der Waals surface area contributed by atoms with Gasteiger partial charge >= 0.3 is 0 Å². The van der Waals surface area contributed by atoms with Gasteiger partial charge in [0.05, 0.1) is 5.60 Å². The number of benzene rings is 1. The molecule has 21 heavy (non-hydrogen) atoms. The molecule has 2 atom stereocenters. The third-order valence-corrected chi connectivity index (χ3v) is 4.26. The lowest BCUT2D eigenvalue weighted by molar-refractivity contribution is -0.133. The minimum atomic E-state index is -0.711. The average molecular weight is 287 g/mol. The summed E-state index contributed by atoms with van der Waals surface area (Å²) in [4.78, 5) is 14.0. The molecule has 1 aromatic carbocycles. The van der Waals surface area contributed by atoms with E-state index in [-0.39, 0.29) is 11.8 Å². The Morgan fingerprint density at radius 2 is 2.05 bits per heavy atom. The Balaban J connectivity index is 2.10. The van der Waals surface area contributed by atoms with E-state index in [1.807, 2.05) is 43.9 Å². The largest absolute Gasteiger partial charge is 0.390 e. The van der Waals surface area contributed by atoms with Crippen LogP contribution < -0.4 is 0 Å². The van der Waals surface area contributed by atoms with E-state index in [0.29, 0.717) is 19.5 Å². The summed E-state index contributed by atoms with van der Waals surface area (Å²) in [6, 6.07) is 10.2. The molecule has 0 unspecified atom stereocenters. The smallest absolute Gasteiger partial charge is 0.246 e. The van der Waals surface area contributed by atoms with Crippen molar-refractivity contribution < 1.29 is 9.90 Å². The van der Waals surface area contributed by atoms with Crippen LogP contribution in [0.4, 0.5) is 0 Å². The van der Waals surface area contributed by atoms with Crippen molar-refractivity contribution in [3.63, 3.8) is 0 Å². The highest BCUT2D eigenvalue weighted by molar-refractivity contribution is 5.88. The van der Waals surface area contributed by atoms with Gasteiger partial charge in [-0.3, -0.25) is 4.79 Å². The Morgan fingerprint density at radius 1 is 1.38 bits per heavy atom. The fraction of sp³-hybridized carbons (Fsp3) is 0.500. The number of amides is 1. The van der Waals surface area contributed by atoms with Gasteiger partial charge in [-0.2, -0.15) is 0 Å². The number of hydrogen-bond donors (Lipinski definition) is 1. The second-order valence-electron chi connectivity index (χ2n) is 6.50. The summed E-state index contributed by atoms with van der Waals surface area (Å²) in [5.74, 6) is 0.131. The minimum Gasteiger partial charge on any atom is -0.390 e. The number of piperidine rings is 1. The van der Waals surface area contributed by atoms with E-state index in [0.717, 1.165) is 12.0 Å². The Morgan fingerprint density at radius 3 is 2.67 bits per heavy atom. The van der Waals surface area contributed by atoms with Crippen LogP contribution in [0.1, 0.15) is 32.8 Å². The van der Waals surface area contributed by atoms with Gasteiger partial charge in [0.2, 0.25) is 5.91 Å². The average Bonchev–Trinajstić information content (AvgIpc) is 2.41. The Hall–Kier alpha value is -1.61. The molecule has 114 valence electrons. The van der Waals surface area contributed by atoms with Gasteiger partial charge in [-0.05, 0) is 39.2 Å². The molecule has 1 heterocycles. The number of rotatable bonds is 3. The predicted molar refractivity (Wildman–Crippen MR) is 84.9 cm³/mol. The number of allylic oxidation sites excluding steroid dienone is 1. The van der Waals surface area contributed by atoms with E-state index in [1.165, 1.54) is 5.56 Å². The fourth-order valence-corrected chi connectivity index (χ4v) is 2.84. The van der Waals surface area contributed by atoms with Gasteiger partial charge in [-0.1, -0.05) is 35.9 Å². The van der Waals surface area contributed by atoms with Crippen LogP contribution in [0.5, 0.6) is 0 Å². The topological polar surface area (TPSA) is 40.5 Å². The van der Waals surface area contributed by atoms with Gasteiger partial charge in [0.15, 0.2) is 0 Å². The highest BCUT2D eigenvalue weighted by Gasteiger charge is 2.38. The molecule has 0 radical (unpaired) electrons. The first-order chi connectivity index (χ1) is 9.88. The molecule has 1 fully saturated rings. The number of likely N-dealkylation sites (tertiary alicyclic amines) is 1. The van der Waals surface area contributed by atoms with Crippen molar-refractivity contribution in [3.8, 4) is 0 Å². The third-order valence-electron chi connectivity index (χ3n) is 4.26. The summed E-state index contributed by atoms with van der Waals surface area (Å²) in [6.45, 7) is 6.99. The van der Waals surface area contributed by atoms with Crippen LogP contribution in [0, 0.1) is 5.92 Å². The zero-order valence-corrected chi connectivity index (χ0v) is 13.2. The van der Waals surface area contributed by atoms with E-state index in [2.05, 4.69) is 12.1 Å². The molecule has 0 spiro atoms. The Kier molecular flexibility index (Phi) is 4.84. The third kappa shape index (κ3) is 4.18. The van der Waals surface area contributed by atoms with E-state index >= 15 is 0 Å². The molecule has 1 aliphatic heterocycles. The van der Waals surface area contributed by atoms with Gasteiger partial charge in [0.25, 0.3) is 0 Å². The maximum atomic E-state index is 12.2. The number of aliphatic hydroxyl groups is 1. The quantitative estimate of drug-likeness (QED) is 0.868. The molecule has 0 saturated carbocycles. The molecule has 1 saturated heterocycles. The SMILES string of the molecule is CC(C)=CC(=O)N1CC[C@@](C)(O)[C@@H](Cc2ccccc2)C1. The molecule has 2 rings (SSSR count). The van der Waals surface area contributed by atoms with Crippen molar-refractivity contribution in [2.45, 2.75) is 39.2 Å². The number of hydrogen-bond acceptors (Lipinski definition) is 2. The molecule has 0 aromatic heterocycles. The van der Waals surface area contributed by atoms with Gasteiger partial charge in [0.1, 0.15) is 0 Å². The van der Waals surface area contributed by atoms with Crippen LogP contribution in [0.15, 0.2) is 42.0 Å². The monoisotopic (exact) mass is 287 g/mol. The number of carbonyl (C=O) groups excluding carboxylic acids is 1. The summed E-state index contributed by atoms with van der Waals surface area (Å²) in [7, 11) is 0. The first-order valence-electron chi connectivity index (χ1n) is 7.58. The second kappa shape index (κ2) is 6.44. The summed E-state index contributed by atoms with van der Waals surface area (Å²) in [5, 5.41) is 10.6. The summed E-state index contributed by atoms with van der Waals surface area (Å²) < 4.78 is 0. The van der Waals surface area contributed by atoms with E-state index in [9.17, 15) is 9.90 Å². The van der Waals surface area contributed by atoms with Gasteiger partial charge in [0, 0.05) is 25.1 Å². The summed E-state index contributed by atoms with van der Waals surface area (Å²) >= 11 is 0. The Bertz CT molecular complexity index is 515. The standard InChI is InChI=1S/C18H25NO2/c1-14(2)11-17(20)19-10-9-18(3,21)16(13-19)12-15-7-5-4-6-8-15/h4-8,11,16,21H,9-10,12-13H2,1-3H3/t16-,18+/m0/s1. The van der Waals surface area contributed by atoms with Crippen LogP contribution in [0.25, 0.3) is 0 Å². The first kappa shape index (κ1) is 15.8. The lowest BCUT2D eigenvalue weighted by atomic mass is 9.79. The molecule has 3 heteroatoms. The maximum Gasteiger partial charge on any atom is 0.246 e. The predicted octanol–water partition coefficient (Wildman–Crippen LogP) is 2.79. The van der Waals surface area contributed by atoms with Crippen LogP contribution in [0.2, 0.25) is 0 Å². The first-order valence-corrected chi connectivity index (χ1v) is 7.58. The van der Waals surface area contributed by atoms with Crippen LogP contribution in [-0.2, 0) is 11.2 Å².